The van der Waals surface area contributed by atoms with Gasteiger partial charge in [0.05, 0.1) is 18.7 Å². The highest BCUT2D eigenvalue weighted by Gasteiger charge is 2.29. The molecular weight excluding hydrogens is 541 g/mol. The summed E-state index contributed by atoms with van der Waals surface area (Å²) in [5.74, 6) is -3.77. The van der Waals surface area contributed by atoms with Gasteiger partial charge < -0.3 is 24.1 Å². The van der Waals surface area contributed by atoms with Crippen molar-refractivity contribution in [1.29, 1.82) is 5.26 Å². The zero-order chi connectivity index (χ0) is 30.2. The van der Waals surface area contributed by atoms with Gasteiger partial charge in [0.2, 0.25) is 0 Å². The monoisotopic (exact) mass is 566 g/mol. The predicted octanol–water partition coefficient (Wildman–Crippen LogP) is 2.50. The van der Waals surface area contributed by atoms with Crippen LogP contribution < -0.4 is 9.67 Å². The van der Waals surface area contributed by atoms with Crippen molar-refractivity contribution >= 4 is 28.7 Å². The molecule has 0 aliphatic rings. The number of amides is 1. The smallest absolute Gasteiger partial charge is 0.430 e. The third kappa shape index (κ3) is 8.15. The van der Waals surface area contributed by atoms with Crippen LogP contribution in [0.1, 0.15) is 27.2 Å². The van der Waals surface area contributed by atoms with Crippen LogP contribution in [0.3, 0.4) is 0 Å². The van der Waals surface area contributed by atoms with E-state index in [4.69, 9.17) is 14.6 Å². The number of alkyl halides is 3. The number of aromatic nitrogens is 2. The lowest BCUT2D eigenvalue weighted by molar-refractivity contribution is -0.671. The Morgan fingerprint density at radius 2 is 1.68 bits per heavy atom. The maximum atomic E-state index is 13.8. The van der Waals surface area contributed by atoms with E-state index in [1.54, 1.807) is 6.07 Å². The van der Waals surface area contributed by atoms with Crippen LogP contribution in [0.15, 0.2) is 79.1 Å². The second-order valence-corrected chi connectivity index (χ2v) is 8.88. The van der Waals surface area contributed by atoms with Crippen molar-refractivity contribution in [2.75, 3.05) is 13.7 Å². The molecule has 0 saturated heterocycles. The zero-order valence-corrected chi connectivity index (χ0v) is 22.1. The fraction of sp³-hybridized carbons (Fsp3) is 0.207. The van der Waals surface area contributed by atoms with Crippen molar-refractivity contribution in [3.05, 3.63) is 102 Å². The van der Waals surface area contributed by atoms with E-state index in [9.17, 15) is 28.0 Å². The molecule has 0 saturated carbocycles. The SMILES string of the molecule is COC(=O)CN(Cc1cc[n+](C)cc1)C(=O)c1cc2ccccc2n1Cc1cccc(C#N)c1.O=C([O-])C(F)(F)F. The molecule has 0 radical (unpaired) electrons. The largest absolute Gasteiger partial charge is 0.542 e. The molecule has 4 aromatic rings. The summed E-state index contributed by atoms with van der Waals surface area (Å²) in [4.78, 5) is 36.3. The molecular formula is C29H25F3N4O5. The third-order valence-corrected chi connectivity index (χ3v) is 5.91. The molecule has 12 heteroatoms. The second-order valence-electron chi connectivity index (χ2n) is 8.88. The van der Waals surface area contributed by atoms with Crippen LogP contribution in [0.5, 0.6) is 0 Å². The number of aliphatic carboxylic acids is 1. The van der Waals surface area contributed by atoms with E-state index in [0.29, 0.717) is 17.8 Å². The molecule has 2 heterocycles. The van der Waals surface area contributed by atoms with Gasteiger partial charge >= 0.3 is 12.1 Å². The highest BCUT2D eigenvalue weighted by molar-refractivity contribution is 6.00. The maximum Gasteiger partial charge on any atom is 0.430 e. The topological polar surface area (TPSA) is 119 Å². The molecule has 0 atom stereocenters. The molecule has 0 bridgehead atoms. The molecule has 9 nitrogen and oxygen atoms in total. The number of carboxylic acids is 1. The molecule has 41 heavy (non-hydrogen) atoms. The highest BCUT2D eigenvalue weighted by atomic mass is 19.4. The van der Waals surface area contributed by atoms with Gasteiger partial charge in [0.25, 0.3) is 5.91 Å². The number of carbonyl (C=O) groups is 3. The van der Waals surface area contributed by atoms with Gasteiger partial charge in [-0.1, -0.05) is 30.3 Å². The molecule has 2 aromatic heterocycles. The number of carbonyl (C=O) groups excluding carboxylic acids is 3. The molecule has 2 aromatic carbocycles. The van der Waals surface area contributed by atoms with Gasteiger partial charge in [-0.3, -0.25) is 9.59 Å². The van der Waals surface area contributed by atoms with Crippen LogP contribution in [0.25, 0.3) is 10.9 Å². The van der Waals surface area contributed by atoms with E-state index in [0.717, 1.165) is 22.0 Å². The van der Waals surface area contributed by atoms with Crippen molar-refractivity contribution < 1.29 is 42.0 Å². The molecule has 0 spiro atoms. The normalized spacial score (nSPS) is 10.7. The van der Waals surface area contributed by atoms with Crippen LogP contribution in [0.4, 0.5) is 13.2 Å². The number of hydrogen-bond acceptors (Lipinski definition) is 6. The number of benzene rings is 2. The Morgan fingerprint density at radius 3 is 2.29 bits per heavy atom. The van der Waals surface area contributed by atoms with Crippen molar-refractivity contribution in [1.82, 2.24) is 9.47 Å². The maximum absolute atomic E-state index is 13.8. The van der Waals surface area contributed by atoms with E-state index < -0.39 is 18.1 Å². The highest BCUT2D eigenvalue weighted by Crippen LogP contribution is 2.24. The Labute approximate surface area is 233 Å². The Bertz CT molecular complexity index is 1590. The first-order chi connectivity index (χ1) is 19.4. The lowest BCUT2D eigenvalue weighted by atomic mass is 10.1. The van der Waals surface area contributed by atoms with Crippen LogP contribution in [0, 0.1) is 11.3 Å². The number of hydrogen-bond donors (Lipinski definition) is 0. The Hall–Kier alpha value is -5.18. The van der Waals surface area contributed by atoms with Crippen LogP contribution >= 0.6 is 0 Å². The van der Waals surface area contributed by atoms with E-state index in [-0.39, 0.29) is 19.0 Å². The number of para-hydroxylation sites is 1. The quantitative estimate of drug-likeness (QED) is 0.251. The van der Waals surface area contributed by atoms with E-state index >= 15 is 0 Å². The van der Waals surface area contributed by atoms with Gasteiger partial charge in [-0.2, -0.15) is 18.4 Å². The van der Waals surface area contributed by atoms with Crippen LogP contribution in [0.2, 0.25) is 0 Å². The lowest BCUT2D eigenvalue weighted by Crippen LogP contribution is -2.37. The first-order valence-corrected chi connectivity index (χ1v) is 12.1. The number of pyridine rings is 1. The van der Waals surface area contributed by atoms with Gasteiger partial charge in [-0.25, -0.2) is 4.57 Å². The van der Waals surface area contributed by atoms with E-state index in [1.165, 1.54) is 12.0 Å². The number of esters is 1. The molecule has 212 valence electrons. The minimum absolute atomic E-state index is 0.165. The van der Waals surface area contributed by atoms with Gasteiger partial charge in [-0.15, -0.1) is 0 Å². The van der Waals surface area contributed by atoms with Gasteiger partial charge in [0.15, 0.2) is 12.4 Å². The fourth-order valence-corrected chi connectivity index (χ4v) is 3.92. The molecule has 0 aliphatic heterocycles. The summed E-state index contributed by atoms with van der Waals surface area (Å²) in [6.45, 7) is 0.513. The summed E-state index contributed by atoms with van der Waals surface area (Å²) in [6, 6.07) is 22.9. The Kier molecular flexibility index (Phi) is 9.81. The zero-order valence-electron chi connectivity index (χ0n) is 22.1. The summed E-state index contributed by atoms with van der Waals surface area (Å²) in [7, 11) is 3.23. The standard InChI is InChI=1S/C27H25N4O3.C2HF3O2/c1-29-12-10-20(11-13-29)17-30(19-26(32)34-2)27(33)25-15-23-8-3-4-9-24(23)31(25)18-22-7-5-6-21(14-22)16-28;3-2(4,5)1(6)7/h3-15H,17-19H2,1-2H3;(H,6,7)/q+1;/p-1. The number of nitriles is 1. The molecule has 4 rings (SSSR count). The average Bonchev–Trinajstić information content (AvgIpc) is 3.31. The van der Waals surface area contributed by atoms with Crippen LogP contribution in [-0.4, -0.2) is 47.1 Å². The van der Waals surface area contributed by atoms with Gasteiger partial charge in [0, 0.05) is 36.1 Å². The molecule has 0 aliphatic carbocycles. The first-order valence-electron chi connectivity index (χ1n) is 12.1. The van der Waals surface area contributed by atoms with Gasteiger partial charge in [0.1, 0.15) is 25.3 Å². The van der Waals surface area contributed by atoms with Crippen LogP contribution in [-0.2, 0) is 34.5 Å². The minimum atomic E-state index is -5.19. The lowest BCUT2D eigenvalue weighted by Gasteiger charge is -2.22. The molecule has 0 unspecified atom stereocenters. The Morgan fingerprint density at radius 1 is 1.02 bits per heavy atom. The molecule has 1 amide bonds. The summed E-state index contributed by atoms with van der Waals surface area (Å²) < 4.78 is 40.2. The number of aryl methyl sites for hydroxylation is 1. The van der Waals surface area contributed by atoms with Crippen molar-refractivity contribution in [3.8, 4) is 6.07 Å². The number of methoxy groups -OCH3 is 1. The second kappa shape index (κ2) is 13.3. The predicted molar refractivity (Wildman–Crippen MR) is 138 cm³/mol. The number of halogens is 3. The number of nitrogens with zero attached hydrogens (tertiary/aromatic N) is 4. The third-order valence-electron chi connectivity index (χ3n) is 5.91. The molecule has 0 N–H and O–H groups in total. The fourth-order valence-electron chi connectivity index (χ4n) is 3.92. The summed E-state index contributed by atoms with van der Waals surface area (Å²) in [5.41, 5.74) is 3.74. The van der Waals surface area contributed by atoms with E-state index in [1.807, 2.05) is 89.2 Å². The number of fused-ring (bicyclic) bond motifs is 1. The minimum Gasteiger partial charge on any atom is -0.542 e. The number of carboxylic acid groups (broad SMARTS) is 1. The van der Waals surface area contributed by atoms with Crippen molar-refractivity contribution in [3.63, 3.8) is 0 Å². The van der Waals surface area contributed by atoms with E-state index in [2.05, 4.69) is 6.07 Å². The number of rotatable bonds is 7. The Balaban J connectivity index is 0.000000587. The summed E-state index contributed by atoms with van der Waals surface area (Å²) in [6.07, 6.45) is -1.40. The van der Waals surface area contributed by atoms with Gasteiger partial charge in [-0.05, 0) is 35.4 Å². The number of ether oxygens (including phenoxy) is 1. The van der Waals surface area contributed by atoms with Crippen molar-refractivity contribution in [2.24, 2.45) is 7.05 Å². The summed E-state index contributed by atoms with van der Waals surface area (Å²) in [5, 5.41) is 19.0. The first kappa shape index (κ1) is 30.4. The van der Waals surface area contributed by atoms with Crippen molar-refractivity contribution in [2.45, 2.75) is 19.3 Å². The summed E-state index contributed by atoms with van der Waals surface area (Å²) >= 11 is 0. The average molecular weight is 567 g/mol. The molecule has 0 fully saturated rings.